The molecule has 0 aromatic heterocycles. The topological polar surface area (TPSA) is 58.2 Å². The molecule has 0 fully saturated rings. The second-order valence-electron chi connectivity index (χ2n) is 8.10. The van der Waals surface area contributed by atoms with Crippen molar-refractivity contribution >= 4 is 34.3 Å². The van der Waals surface area contributed by atoms with E-state index >= 15 is 0 Å². The zero-order valence-electron chi connectivity index (χ0n) is 17.9. The van der Waals surface area contributed by atoms with Crippen molar-refractivity contribution in [2.75, 3.05) is 10.6 Å². The van der Waals surface area contributed by atoms with Gasteiger partial charge in [-0.05, 0) is 61.4 Å². The van der Waals surface area contributed by atoms with Gasteiger partial charge in [0, 0.05) is 22.5 Å². The summed E-state index contributed by atoms with van der Waals surface area (Å²) in [5, 5.41) is 6.71. The highest BCUT2D eigenvalue weighted by Crippen LogP contribution is 2.38. The molecule has 0 spiro atoms. The summed E-state index contributed by atoms with van der Waals surface area (Å²) in [6.45, 7) is 4.03. The molecule has 2 N–H and O–H groups in total. The molecule has 0 amide bonds. The molecule has 0 atom stereocenters. The molecule has 0 radical (unpaired) electrons. The first-order valence-corrected chi connectivity index (χ1v) is 10.5. The largest absolute Gasteiger partial charge is 0.355 e. The standard InChI is InChI=1S/C28H22N2O2/c1-17-7-5-9-19(15-17)29-23-13-14-24(30-20-10-6-8-18(2)16-20)26-25(23)27(31)21-11-3-4-12-22(21)28(26)32/h3-16,29-30H,1-2H3. The van der Waals surface area contributed by atoms with E-state index in [1.807, 2.05) is 74.5 Å². The van der Waals surface area contributed by atoms with Gasteiger partial charge in [-0.2, -0.15) is 0 Å². The predicted octanol–water partition coefficient (Wildman–Crippen LogP) is 6.57. The Labute approximate surface area is 186 Å². The fourth-order valence-corrected chi connectivity index (χ4v) is 4.19. The average Bonchev–Trinajstić information content (AvgIpc) is 2.78. The van der Waals surface area contributed by atoms with E-state index in [1.165, 1.54) is 0 Å². The lowest BCUT2D eigenvalue weighted by molar-refractivity contribution is 0.0980. The van der Waals surface area contributed by atoms with Crippen molar-refractivity contribution in [1.29, 1.82) is 0 Å². The molecule has 1 aliphatic carbocycles. The number of hydrogen-bond acceptors (Lipinski definition) is 4. The van der Waals surface area contributed by atoms with Crippen molar-refractivity contribution in [3.05, 3.63) is 118 Å². The van der Waals surface area contributed by atoms with Crippen LogP contribution in [-0.4, -0.2) is 11.6 Å². The summed E-state index contributed by atoms with van der Waals surface area (Å²) in [6.07, 6.45) is 0. The van der Waals surface area contributed by atoms with Gasteiger partial charge in [0.25, 0.3) is 0 Å². The molecule has 4 aromatic rings. The zero-order chi connectivity index (χ0) is 22.2. The summed E-state index contributed by atoms with van der Waals surface area (Å²) in [7, 11) is 0. The van der Waals surface area contributed by atoms with E-state index in [9.17, 15) is 9.59 Å². The Morgan fingerprint density at radius 3 is 1.38 bits per heavy atom. The fraction of sp³-hybridized carbons (Fsp3) is 0.0714. The maximum absolute atomic E-state index is 13.6. The molecular weight excluding hydrogens is 396 g/mol. The number of carbonyl (C=O) groups excluding carboxylic acids is 2. The third kappa shape index (κ3) is 3.46. The van der Waals surface area contributed by atoms with Crippen LogP contribution < -0.4 is 10.6 Å². The van der Waals surface area contributed by atoms with Crippen LogP contribution in [-0.2, 0) is 0 Å². The second kappa shape index (κ2) is 7.82. The third-order valence-corrected chi connectivity index (χ3v) is 5.67. The predicted molar refractivity (Wildman–Crippen MR) is 129 cm³/mol. The van der Waals surface area contributed by atoms with Crippen LogP contribution >= 0.6 is 0 Å². The lowest BCUT2D eigenvalue weighted by atomic mass is 9.82. The number of nitrogens with one attached hydrogen (secondary N) is 2. The van der Waals surface area contributed by atoms with Gasteiger partial charge in [0.1, 0.15) is 0 Å². The minimum atomic E-state index is -0.154. The van der Waals surface area contributed by atoms with Crippen LogP contribution in [0, 0.1) is 13.8 Å². The monoisotopic (exact) mass is 418 g/mol. The Morgan fingerprint density at radius 2 is 0.969 bits per heavy atom. The molecule has 0 unspecified atom stereocenters. The molecule has 156 valence electrons. The number of carbonyl (C=O) groups is 2. The van der Waals surface area contributed by atoms with Gasteiger partial charge in [-0.25, -0.2) is 0 Å². The van der Waals surface area contributed by atoms with Crippen LogP contribution in [0.4, 0.5) is 22.7 Å². The van der Waals surface area contributed by atoms with Crippen LogP contribution in [0.5, 0.6) is 0 Å². The zero-order valence-corrected chi connectivity index (χ0v) is 17.9. The Bertz CT molecular complexity index is 1280. The minimum Gasteiger partial charge on any atom is -0.355 e. The van der Waals surface area contributed by atoms with Crippen molar-refractivity contribution in [3.8, 4) is 0 Å². The van der Waals surface area contributed by atoms with E-state index in [2.05, 4.69) is 10.6 Å². The second-order valence-corrected chi connectivity index (χ2v) is 8.10. The lowest BCUT2D eigenvalue weighted by Crippen LogP contribution is -2.23. The maximum atomic E-state index is 13.6. The van der Waals surface area contributed by atoms with Crippen LogP contribution in [0.25, 0.3) is 0 Å². The Balaban J connectivity index is 1.68. The first-order valence-electron chi connectivity index (χ1n) is 10.5. The average molecular weight is 418 g/mol. The van der Waals surface area contributed by atoms with Crippen LogP contribution in [0.2, 0.25) is 0 Å². The third-order valence-electron chi connectivity index (χ3n) is 5.67. The first-order chi connectivity index (χ1) is 15.5. The normalized spacial score (nSPS) is 12.2. The van der Waals surface area contributed by atoms with Crippen molar-refractivity contribution in [2.45, 2.75) is 13.8 Å². The minimum absolute atomic E-state index is 0.154. The number of fused-ring (bicyclic) bond motifs is 2. The number of hydrogen-bond donors (Lipinski definition) is 2. The molecule has 0 heterocycles. The molecular formula is C28H22N2O2. The highest BCUT2D eigenvalue weighted by atomic mass is 16.1. The van der Waals surface area contributed by atoms with Crippen molar-refractivity contribution in [1.82, 2.24) is 0 Å². The molecule has 4 heteroatoms. The molecule has 4 nitrogen and oxygen atoms in total. The molecule has 0 aliphatic heterocycles. The van der Waals surface area contributed by atoms with Crippen molar-refractivity contribution < 1.29 is 9.59 Å². The molecule has 5 rings (SSSR count). The Morgan fingerprint density at radius 1 is 0.531 bits per heavy atom. The highest BCUT2D eigenvalue weighted by Gasteiger charge is 2.34. The quantitative estimate of drug-likeness (QED) is 0.347. The van der Waals surface area contributed by atoms with Gasteiger partial charge in [0.15, 0.2) is 11.6 Å². The Hall–Kier alpha value is -4.18. The van der Waals surface area contributed by atoms with Crippen molar-refractivity contribution in [2.24, 2.45) is 0 Å². The van der Waals surface area contributed by atoms with Gasteiger partial charge in [-0.1, -0.05) is 48.5 Å². The van der Waals surface area contributed by atoms with Crippen molar-refractivity contribution in [3.63, 3.8) is 0 Å². The van der Waals surface area contributed by atoms with E-state index < -0.39 is 0 Å². The molecule has 0 saturated heterocycles. The first kappa shape index (κ1) is 19.8. The van der Waals surface area contributed by atoms with E-state index in [0.29, 0.717) is 33.6 Å². The molecule has 4 aromatic carbocycles. The van der Waals surface area contributed by atoms with E-state index in [0.717, 1.165) is 22.5 Å². The fourth-order valence-electron chi connectivity index (χ4n) is 4.19. The van der Waals surface area contributed by atoms with Gasteiger partial charge in [-0.3, -0.25) is 9.59 Å². The molecule has 32 heavy (non-hydrogen) atoms. The summed E-state index contributed by atoms with van der Waals surface area (Å²) in [4.78, 5) is 27.1. The van der Waals surface area contributed by atoms with E-state index in [1.54, 1.807) is 24.3 Å². The number of ketones is 2. The van der Waals surface area contributed by atoms with Gasteiger partial charge in [-0.15, -0.1) is 0 Å². The number of anilines is 4. The summed E-state index contributed by atoms with van der Waals surface area (Å²) >= 11 is 0. The lowest BCUT2D eigenvalue weighted by Gasteiger charge is -2.24. The number of benzene rings is 4. The Kier molecular flexibility index (Phi) is 4.83. The van der Waals surface area contributed by atoms with Gasteiger partial charge in [0.05, 0.1) is 22.5 Å². The van der Waals surface area contributed by atoms with E-state index in [-0.39, 0.29) is 11.6 Å². The van der Waals surface area contributed by atoms with E-state index in [4.69, 9.17) is 0 Å². The molecule has 1 aliphatic rings. The van der Waals surface area contributed by atoms with Gasteiger partial charge in [0.2, 0.25) is 0 Å². The summed E-state index contributed by atoms with van der Waals surface area (Å²) in [6, 6.07) is 26.6. The number of aryl methyl sites for hydroxylation is 2. The molecule has 0 saturated carbocycles. The van der Waals surface area contributed by atoms with Crippen LogP contribution in [0.3, 0.4) is 0 Å². The smallest absolute Gasteiger partial charge is 0.196 e. The van der Waals surface area contributed by atoms with Crippen LogP contribution in [0.1, 0.15) is 43.0 Å². The number of rotatable bonds is 4. The highest BCUT2D eigenvalue weighted by molar-refractivity contribution is 6.32. The van der Waals surface area contributed by atoms with Gasteiger partial charge >= 0.3 is 0 Å². The van der Waals surface area contributed by atoms with Crippen LogP contribution in [0.15, 0.2) is 84.9 Å². The molecule has 0 bridgehead atoms. The summed E-state index contributed by atoms with van der Waals surface area (Å²) < 4.78 is 0. The van der Waals surface area contributed by atoms with Gasteiger partial charge < -0.3 is 10.6 Å². The SMILES string of the molecule is Cc1cccc(Nc2ccc(Nc3cccc(C)c3)c3c2C(=O)c2ccccc2C3=O)c1. The maximum Gasteiger partial charge on any atom is 0.196 e. The summed E-state index contributed by atoms with van der Waals surface area (Å²) in [5.74, 6) is -0.309. The summed E-state index contributed by atoms with van der Waals surface area (Å²) in [5.41, 5.74) is 6.84.